The lowest BCUT2D eigenvalue weighted by atomic mass is 10.3. The molecule has 76 valence electrons. The molecule has 0 aliphatic carbocycles. The average molecular weight is 214 g/mol. The van der Waals surface area contributed by atoms with Crippen molar-refractivity contribution in [3.8, 4) is 0 Å². The number of nitrogens with zero attached hydrogens (tertiary/aromatic N) is 3. The maximum atomic E-state index is 5.76. The van der Waals surface area contributed by atoms with Crippen LogP contribution < -0.4 is 4.90 Å². The summed E-state index contributed by atoms with van der Waals surface area (Å²) >= 11 is 5.76. The Labute approximate surface area is 87.9 Å². The largest absolute Gasteiger partial charge is 0.378 e. The number of hydrogen-bond acceptors (Lipinski definition) is 4. The van der Waals surface area contributed by atoms with Crippen molar-refractivity contribution in [2.24, 2.45) is 0 Å². The minimum Gasteiger partial charge on any atom is -0.378 e. The van der Waals surface area contributed by atoms with Crippen molar-refractivity contribution in [2.45, 2.75) is 6.92 Å². The average Bonchev–Trinajstić information content (AvgIpc) is 2.23. The molecule has 0 unspecified atom stereocenters. The summed E-state index contributed by atoms with van der Waals surface area (Å²) in [5.74, 6) is 0.924. The van der Waals surface area contributed by atoms with Gasteiger partial charge in [0.1, 0.15) is 5.82 Å². The third-order valence-corrected chi connectivity index (χ3v) is 2.41. The van der Waals surface area contributed by atoms with E-state index in [0.29, 0.717) is 5.28 Å². The van der Waals surface area contributed by atoms with Gasteiger partial charge in [-0.3, -0.25) is 0 Å². The third kappa shape index (κ3) is 1.96. The molecule has 5 heteroatoms. The standard InChI is InChI=1S/C9H12ClN3O/c1-7-6-11-9(10)12-8(7)13-2-4-14-5-3-13/h6H,2-5H2,1H3. The first-order valence-electron chi connectivity index (χ1n) is 4.59. The number of rotatable bonds is 1. The predicted octanol–water partition coefficient (Wildman–Crippen LogP) is 1.28. The zero-order valence-electron chi connectivity index (χ0n) is 8.03. The van der Waals surface area contributed by atoms with Crippen molar-refractivity contribution < 1.29 is 4.74 Å². The fourth-order valence-corrected chi connectivity index (χ4v) is 1.64. The molecule has 1 aromatic heterocycles. The predicted molar refractivity (Wildman–Crippen MR) is 54.8 cm³/mol. The van der Waals surface area contributed by atoms with Crippen LogP contribution in [-0.2, 0) is 4.74 Å². The van der Waals surface area contributed by atoms with Gasteiger partial charge in [0.2, 0.25) is 5.28 Å². The van der Waals surface area contributed by atoms with Crippen LogP contribution in [0.15, 0.2) is 6.20 Å². The number of morpholine rings is 1. The van der Waals surface area contributed by atoms with Crippen molar-refractivity contribution in [2.75, 3.05) is 31.2 Å². The van der Waals surface area contributed by atoms with E-state index in [4.69, 9.17) is 16.3 Å². The molecule has 2 rings (SSSR count). The van der Waals surface area contributed by atoms with Gasteiger partial charge in [0.15, 0.2) is 0 Å². The molecule has 0 radical (unpaired) electrons. The SMILES string of the molecule is Cc1cnc(Cl)nc1N1CCOCC1. The normalized spacial score (nSPS) is 17.1. The van der Waals surface area contributed by atoms with Crippen LogP contribution in [0.1, 0.15) is 5.56 Å². The molecule has 0 bridgehead atoms. The van der Waals surface area contributed by atoms with Crippen LogP contribution in [0.2, 0.25) is 5.28 Å². The Kier molecular flexibility index (Phi) is 2.84. The molecule has 0 saturated carbocycles. The van der Waals surface area contributed by atoms with Crippen LogP contribution >= 0.6 is 11.6 Å². The first-order valence-corrected chi connectivity index (χ1v) is 4.97. The summed E-state index contributed by atoms with van der Waals surface area (Å²) in [7, 11) is 0. The summed E-state index contributed by atoms with van der Waals surface area (Å²) in [4.78, 5) is 10.3. The summed E-state index contributed by atoms with van der Waals surface area (Å²) in [5, 5.41) is 0.303. The van der Waals surface area contributed by atoms with E-state index in [1.165, 1.54) is 0 Å². The summed E-state index contributed by atoms with van der Waals surface area (Å²) in [6.45, 7) is 5.23. The number of halogens is 1. The number of aromatic nitrogens is 2. The highest BCUT2D eigenvalue weighted by molar-refractivity contribution is 6.28. The number of anilines is 1. The molecule has 1 aliphatic heterocycles. The van der Waals surface area contributed by atoms with Gasteiger partial charge in [0.05, 0.1) is 13.2 Å². The molecule has 14 heavy (non-hydrogen) atoms. The van der Waals surface area contributed by atoms with Crippen LogP contribution in [0.25, 0.3) is 0 Å². The lowest BCUT2D eigenvalue weighted by Gasteiger charge is -2.28. The molecule has 1 fully saturated rings. The maximum Gasteiger partial charge on any atom is 0.224 e. The van der Waals surface area contributed by atoms with E-state index in [2.05, 4.69) is 14.9 Å². The number of ether oxygens (including phenoxy) is 1. The second kappa shape index (κ2) is 4.11. The fourth-order valence-electron chi connectivity index (χ4n) is 1.51. The Morgan fingerprint density at radius 1 is 1.43 bits per heavy atom. The highest BCUT2D eigenvalue weighted by Crippen LogP contribution is 2.18. The van der Waals surface area contributed by atoms with Gasteiger partial charge in [0, 0.05) is 24.8 Å². The molecular weight excluding hydrogens is 202 g/mol. The van der Waals surface area contributed by atoms with Gasteiger partial charge in [0.25, 0.3) is 0 Å². The number of aryl methyl sites for hydroxylation is 1. The monoisotopic (exact) mass is 213 g/mol. The minimum atomic E-state index is 0.303. The Bertz CT molecular complexity index is 326. The maximum absolute atomic E-state index is 5.76. The molecular formula is C9H12ClN3O. The molecule has 0 atom stereocenters. The van der Waals surface area contributed by atoms with Crippen molar-refractivity contribution in [3.05, 3.63) is 17.0 Å². The zero-order valence-corrected chi connectivity index (χ0v) is 8.79. The highest BCUT2D eigenvalue weighted by atomic mass is 35.5. The zero-order chi connectivity index (χ0) is 9.97. The Morgan fingerprint density at radius 3 is 2.86 bits per heavy atom. The lowest BCUT2D eigenvalue weighted by Crippen LogP contribution is -2.37. The third-order valence-electron chi connectivity index (χ3n) is 2.23. The van der Waals surface area contributed by atoms with Gasteiger partial charge in [-0.15, -0.1) is 0 Å². The Morgan fingerprint density at radius 2 is 2.14 bits per heavy atom. The van der Waals surface area contributed by atoms with Gasteiger partial charge in [-0.25, -0.2) is 9.97 Å². The van der Waals surface area contributed by atoms with Gasteiger partial charge >= 0.3 is 0 Å². The molecule has 2 heterocycles. The van der Waals surface area contributed by atoms with Gasteiger partial charge < -0.3 is 9.64 Å². The second-order valence-electron chi connectivity index (χ2n) is 3.25. The fraction of sp³-hybridized carbons (Fsp3) is 0.556. The van der Waals surface area contributed by atoms with E-state index < -0.39 is 0 Å². The van der Waals surface area contributed by atoms with Crippen LogP contribution in [0.4, 0.5) is 5.82 Å². The first kappa shape index (κ1) is 9.68. The molecule has 1 saturated heterocycles. The van der Waals surface area contributed by atoms with E-state index in [1.54, 1.807) is 6.20 Å². The Balaban J connectivity index is 2.24. The van der Waals surface area contributed by atoms with E-state index in [-0.39, 0.29) is 0 Å². The van der Waals surface area contributed by atoms with Crippen molar-refractivity contribution in [1.82, 2.24) is 9.97 Å². The summed E-state index contributed by atoms with van der Waals surface area (Å²) in [5.41, 5.74) is 1.05. The topological polar surface area (TPSA) is 38.2 Å². The van der Waals surface area contributed by atoms with Crippen LogP contribution in [0, 0.1) is 6.92 Å². The quantitative estimate of drug-likeness (QED) is 0.659. The molecule has 0 spiro atoms. The van der Waals surface area contributed by atoms with E-state index in [0.717, 1.165) is 37.7 Å². The molecule has 1 aromatic rings. The summed E-state index contributed by atoms with van der Waals surface area (Å²) in [6.07, 6.45) is 1.75. The molecule has 4 nitrogen and oxygen atoms in total. The van der Waals surface area contributed by atoms with Crippen LogP contribution in [0.5, 0.6) is 0 Å². The highest BCUT2D eigenvalue weighted by Gasteiger charge is 2.14. The summed E-state index contributed by atoms with van der Waals surface area (Å²) < 4.78 is 5.27. The van der Waals surface area contributed by atoms with E-state index in [1.807, 2.05) is 6.92 Å². The van der Waals surface area contributed by atoms with E-state index >= 15 is 0 Å². The van der Waals surface area contributed by atoms with Crippen LogP contribution in [0.3, 0.4) is 0 Å². The van der Waals surface area contributed by atoms with Gasteiger partial charge in [-0.1, -0.05) is 0 Å². The Hall–Kier alpha value is -0.870. The van der Waals surface area contributed by atoms with Crippen molar-refractivity contribution in [1.29, 1.82) is 0 Å². The lowest BCUT2D eigenvalue weighted by molar-refractivity contribution is 0.122. The number of hydrogen-bond donors (Lipinski definition) is 0. The van der Waals surface area contributed by atoms with Crippen molar-refractivity contribution in [3.63, 3.8) is 0 Å². The molecule has 0 aromatic carbocycles. The molecule has 0 amide bonds. The van der Waals surface area contributed by atoms with Crippen LogP contribution in [-0.4, -0.2) is 36.3 Å². The van der Waals surface area contributed by atoms with Gasteiger partial charge in [-0.2, -0.15) is 0 Å². The smallest absolute Gasteiger partial charge is 0.224 e. The molecule has 1 aliphatic rings. The van der Waals surface area contributed by atoms with Crippen molar-refractivity contribution >= 4 is 17.4 Å². The minimum absolute atomic E-state index is 0.303. The first-order chi connectivity index (χ1) is 6.77. The molecule has 0 N–H and O–H groups in total. The van der Waals surface area contributed by atoms with E-state index in [9.17, 15) is 0 Å². The summed E-state index contributed by atoms with van der Waals surface area (Å²) in [6, 6.07) is 0. The second-order valence-corrected chi connectivity index (χ2v) is 3.58. The van der Waals surface area contributed by atoms with Gasteiger partial charge in [-0.05, 0) is 18.5 Å².